The highest BCUT2D eigenvalue weighted by molar-refractivity contribution is 6.22. The fraction of sp³-hybridized carbons (Fsp3) is 0.167. The molecule has 0 N–H and O–H groups in total. The van der Waals surface area contributed by atoms with Crippen LogP contribution in [0.1, 0.15) is 44.7 Å². The van der Waals surface area contributed by atoms with Crippen molar-refractivity contribution in [3.05, 3.63) is 70.8 Å². The summed E-state index contributed by atoms with van der Waals surface area (Å²) in [5.41, 5.74) is 3.95. The zero-order valence-electron chi connectivity index (χ0n) is 12.0. The van der Waals surface area contributed by atoms with E-state index in [1.165, 1.54) is 5.56 Å². The van der Waals surface area contributed by atoms with Gasteiger partial charge in [0.2, 0.25) is 0 Å². The number of hydrazone groups is 1. The zero-order valence-corrected chi connectivity index (χ0v) is 12.0. The Bertz CT molecular complexity index is 788. The average molecular weight is 290 g/mol. The van der Waals surface area contributed by atoms with Crippen LogP contribution in [0.5, 0.6) is 0 Å². The number of fused-ring (bicyclic) bond motifs is 2. The van der Waals surface area contributed by atoms with Crippen LogP contribution in [0.15, 0.2) is 53.6 Å². The molecular formula is C18H14N2O2. The molecular weight excluding hydrogens is 276 g/mol. The van der Waals surface area contributed by atoms with Crippen LogP contribution in [-0.4, -0.2) is 22.5 Å². The van der Waals surface area contributed by atoms with Crippen molar-refractivity contribution < 1.29 is 9.59 Å². The lowest BCUT2D eigenvalue weighted by Crippen LogP contribution is -2.27. The standard InChI is InChI=1S/C18H14N2O2/c21-17-14-9-3-4-10-15(14)18(22)20(17)19-16-11-5-7-12-6-1-2-8-13(12)16/h1-4,6,8-10H,5,7,11H2/b19-16-. The van der Waals surface area contributed by atoms with Gasteiger partial charge >= 0.3 is 0 Å². The molecule has 0 spiro atoms. The van der Waals surface area contributed by atoms with Crippen molar-refractivity contribution in [3.63, 3.8) is 0 Å². The minimum Gasteiger partial charge on any atom is -0.267 e. The molecule has 4 rings (SSSR count). The molecule has 22 heavy (non-hydrogen) atoms. The maximum Gasteiger partial charge on any atom is 0.282 e. The predicted molar refractivity (Wildman–Crippen MR) is 82.9 cm³/mol. The maximum atomic E-state index is 12.4. The van der Waals surface area contributed by atoms with E-state index in [-0.39, 0.29) is 11.8 Å². The first-order chi connectivity index (χ1) is 10.8. The first-order valence-corrected chi connectivity index (χ1v) is 7.39. The topological polar surface area (TPSA) is 49.7 Å². The van der Waals surface area contributed by atoms with Crippen LogP contribution in [0.4, 0.5) is 0 Å². The zero-order chi connectivity index (χ0) is 15.1. The molecule has 2 aliphatic rings. The number of carbonyl (C=O) groups is 2. The Hall–Kier alpha value is -2.75. The fourth-order valence-corrected chi connectivity index (χ4v) is 3.09. The van der Waals surface area contributed by atoms with Gasteiger partial charge in [-0.1, -0.05) is 36.4 Å². The normalized spacial score (nSPS) is 18.5. The molecule has 4 heteroatoms. The summed E-state index contributed by atoms with van der Waals surface area (Å²) < 4.78 is 0. The summed E-state index contributed by atoms with van der Waals surface area (Å²) in [6, 6.07) is 14.9. The summed E-state index contributed by atoms with van der Waals surface area (Å²) in [6.45, 7) is 0. The first-order valence-electron chi connectivity index (χ1n) is 7.39. The van der Waals surface area contributed by atoms with E-state index >= 15 is 0 Å². The molecule has 0 fully saturated rings. The molecule has 108 valence electrons. The molecule has 2 aromatic carbocycles. The molecule has 1 aliphatic heterocycles. The van der Waals surface area contributed by atoms with Gasteiger partial charge in [0.05, 0.1) is 16.8 Å². The van der Waals surface area contributed by atoms with Crippen LogP contribution in [0, 0.1) is 0 Å². The second-order valence-electron chi connectivity index (χ2n) is 5.53. The fourth-order valence-electron chi connectivity index (χ4n) is 3.09. The van der Waals surface area contributed by atoms with Crippen LogP contribution in [0.3, 0.4) is 0 Å². The molecule has 0 atom stereocenters. The number of rotatable bonds is 1. The third kappa shape index (κ3) is 1.88. The Morgan fingerprint density at radius 1 is 0.773 bits per heavy atom. The number of aryl methyl sites for hydroxylation is 1. The Balaban J connectivity index is 1.77. The molecule has 0 radical (unpaired) electrons. The largest absolute Gasteiger partial charge is 0.282 e. The van der Waals surface area contributed by atoms with Gasteiger partial charge in [0.15, 0.2) is 0 Å². The Labute approximate surface area is 128 Å². The summed E-state index contributed by atoms with van der Waals surface area (Å²) in [4.78, 5) is 24.8. The summed E-state index contributed by atoms with van der Waals surface area (Å²) in [5.74, 6) is -0.674. The average Bonchev–Trinajstić information content (AvgIpc) is 2.81. The number of amides is 2. The highest BCUT2D eigenvalue weighted by atomic mass is 16.2. The number of nitrogens with zero attached hydrogens (tertiary/aromatic N) is 2. The molecule has 4 nitrogen and oxygen atoms in total. The van der Waals surface area contributed by atoms with Gasteiger partial charge in [-0.05, 0) is 37.0 Å². The van der Waals surface area contributed by atoms with E-state index in [1.54, 1.807) is 24.3 Å². The van der Waals surface area contributed by atoms with Gasteiger partial charge in [0.25, 0.3) is 11.8 Å². The van der Waals surface area contributed by atoms with Crippen molar-refractivity contribution in [1.82, 2.24) is 5.01 Å². The molecule has 2 amide bonds. The first kappa shape index (κ1) is 13.0. The molecule has 0 saturated carbocycles. The second-order valence-corrected chi connectivity index (χ2v) is 5.53. The van der Waals surface area contributed by atoms with Crippen molar-refractivity contribution in [1.29, 1.82) is 0 Å². The van der Waals surface area contributed by atoms with E-state index in [9.17, 15) is 9.59 Å². The number of hydrogen-bond donors (Lipinski definition) is 0. The van der Waals surface area contributed by atoms with Gasteiger partial charge in [-0.3, -0.25) is 9.59 Å². The second kappa shape index (κ2) is 4.91. The number of carbonyl (C=O) groups excluding carboxylic acids is 2. The lowest BCUT2D eigenvalue weighted by Gasteiger charge is -2.19. The summed E-state index contributed by atoms with van der Waals surface area (Å²) in [7, 11) is 0. The van der Waals surface area contributed by atoms with Gasteiger partial charge in [0, 0.05) is 5.56 Å². The third-order valence-electron chi connectivity index (χ3n) is 4.18. The highest BCUT2D eigenvalue weighted by Crippen LogP contribution is 2.26. The number of benzene rings is 2. The lowest BCUT2D eigenvalue weighted by atomic mass is 9.90. The van der Waals surface area contributed by atoms with E-state index in [1.807, 2.05) is 18.2 Å². The van der Waals surface area contributed by atoms with E-state index < -0.39 is 0 Å². The van der Waals surface area contributed by atoms with Gasteiger partial charge in [-0.15, -0.1) is 0 Å². The van der Waals surface area contributed by atoms with Gasteiger partial charge in [-0.2, -0.15) is 10.1 Å². The van der Waals surface area contributed by atoms with Gasteiger partial charge in [0.1, 0.15) is 0 Å². The van der Waals surface area contributed by atoms with Gasteiger partial charge < -0.3 is 0 Å². The summed E-state index contributed by atoms with van der Waals surface area (Å²) in [6.07, 6.45) is 2.78. The third-order valence-corrected chi connectivity index (χ3v) is 4.18. The van der Waals surface area contributed by atoms with Crippen LogP contribution >= 0.6 is 0 Å². The molecule has 1 heterocycles. The van der Waals surface area contributed by atoms with E-state index in [2.05, 4.69) is 11.2 Å². The quantitative estimate of drug-likeness (QED) is 0.758. The van der Waals surface area contributed by atoms with Crippen LogP contribution in [0.25, 0.3) is 0 Å². The Morgan fingerprint density at radius 2 is 1.36 bits per heavy atom. The highest BCUT2D eigenvalue weighted by Gasteiger charge is 2.36. The summed E-state index contributed by atoms with van der Waals surface area (Å²) >= 11 is 0. The number of hydrogen-bond acceptors (Lipinski definition) is 3. The maximum absolute atomic E-state index is 12.4. The van der Waals surface area contributed by atoms with Crippen molar-refractivity contribution in [2.75, 3.05) is 0 Å². The molecule has 0 unspecified atom stereocenters. The van der Waals surface area contributed by atoms with Crippen molar-refractivity contribution in [3.8, 4) is 0 Å². The molecule has 0 aromatic heterocycles. The van der Waals surface area contributed by atoms with Crippen molar-refractivity contribution in [2.24, 2.45) is 5.10 Å². The van der Waals surface area contributed by atoms with Crippen LogP contribution < -0.4 is 0 Å². The smallest absolute Gasteiger partial charge is 0.267 e. The van der Waals surface area contributed by atoms with E-state index in [4.69, 9.17) is 0 Å². The predicted octanol–water partition coefficient (Wildman–Crippen LogP) is 3.02. The van der Waals surface area contributed by atoms with E-state index in [0.717, 1.165) is 35.5 Å². The van der Waals surface area contributed by atoms with E-state index in [0.29, 0.717) is 11.1 Å². The number of imide groups is 1. The molecule has 0 bridgehead atoms. The van der Waals surface area contributed by atoms with Crippen molar-refractivity contribution in [2.45, 2.75) is 19.3 Å². The Morgan fingerprint density at radius 3 is 2.05 bits per heavy atom. The lowest BCUT2D eigenvalue weighted by molar-refractivity contribution is 0.0658. The van der Waals surface area contributed by atoms with Crippen molar-refractivity contribution >= 4 is 17.5 Å². The van der Waals surface area contributed by atoms with Crippen LogP contribution in [0.2, 0.25) is 0 Å². The SMILES string of the molecule is O=C1c2ccccc2C(=O)N1/N=C1/CCCc2ccccc21. The monoisotopic (exact) mass is 290 g/mol. The molecule has 0 saturated heterocycles. The molecule has 2 aromatic rings. The Kier molecular flexibility index (Phi) is 2.89. The van der Waals surface area contributed by atoms with Crippen LogP contribution in [-0.2, 0) is 6.42 Å². The minimum atomic E-state index is -0.337. The minimum absolute atomic E-state index is 0.337. The van der Waals surface area contributed by atoms with Gasteiger partial charge in [-0.25, -0.2) is 0 Å². The molecule has 1 aliphatic carbocycles. The summed E-state index contributed by atoms with van der Waals surface area (Å²) in [5, 5.41) is 5.42.